The van der Waals surface area contributed by atoms with Gasteiger partial charge in [-0.3, -0.25) is 4.79 Å². The van der Waals surface area contributed by atoms with Crippen molar-refractivity contribution in [2.75, 3.05) is 0 Å². The van der Waals surface area contributed by atoms with Gasteiger partial charge in [0.15, 0.2) is 0 Å². The summed E-state index contributed by atoms with van der Waals surface area (Å²) in [5.41, 5.74) is 0. The van der Waals surface area contributed by atoms with Gasteiger partial charge in [-0.05, 0) is 28.4 Å². The number of rotatable bonds is 2. The van der Waals surface area contributed by atoms with Crippen LogP contribution in [0.15, 0.2) is 15.9 Å². The number of halogens is 1. The third kappa shape index (κ3) is 1.41. The highest BCUT2D eigenvalue weighted by atomic mass is 79.9. The predicted octanol–water partition coefficient (Wildman–Crippen LogP) is 2.70. The molecule has 12 heavy (non-hydrogen) atoms. The summed E-state index contributed by atoms with van der Waals surface area (Å²) in [6, 6.07) is 2.01. The highest BCUT2D eigenvalue weighted by Gasteiger charge is 2.44. The Labute approximate surface area is 82.3 Å². The van der Waals surface area contributed by atoms with Gasteiger partial charge in [-0.25, -0.2) is 0 Å². The SMILES string of the molecule is O=C(O)[C@@H]1C[C@H]1c1cc(Br)cs1. The van der Waals surface area contributed by atoms with Gasteiger partial charge in [0.05, 0.1) is 5.92 Å². The van der Waals surface area contributed by atoms with Crippen LogP contribution >= 0.6 is 27.3 Å². The molecule has 0 spiro atoms. The number of thiophene rings is 1. The molecule has 0 bridgehead atoms. The van der Waals surface area contributed by atoms with E-state index in [9.17, 15) is 4.79 Å². The van der Waals surface area contributed by atoms with E-state index in [0.717, 1.165) is 10.9 Å². The molecule has 64 valence electrons. The Morgan fingerprint density at radius 2 is 2.50 bits per heavy atom. The lowest BCUT2D eigenvalue weighted by Gasteiger charge is -1.89. The Balaban J connectivity index is 2.10. The maximum Gasteiger partial charge on any atom is 0.307 e. The lowest BCUT2D eigenvalue weighted by atomic mass is 10.3. The largest absolute Gasteiger partial charge is 0.481 e. The molecule has 1 heterocycles. The average molecular weight is 247 g/mol. The average Bonchev–Trinajstić information content (AvgIpc) is 2.70. The monoisotopic (exact) mass is 246 g/mol. The van der Waals surface area contributed by atoms with Crippen LogP contribution in [-0.4, -0.2) is 11.1 Å². The van der Waals surface area contributed by atoms with Crippen LogP contribution in [-0.2, 0) is 4.79 Å². The van der Waals surface area contributed by atoms with Crippen molar-refractivity contribution in [1.82, 2.24) is 0 Å². The molecule has 1 N–H and O–H groups in total. The summed E-state index contributed by atoms with van der Waals surface area (Å²) in [5, 5.41) is 10.7. The van der Waals surface area contributed by atoms with Crippen LogP contribution in [0.2, 0.25) is 0 Å². The van der Waals surface area contributed by atoms with Gasteiger partial charge in [-0.1, -0.05) is 0 Å². The highest BCUT2D eigenvalue weighted by molar-refractivity contribution is 9.10. The first-order valence-corrected chi connectivity index (χ1v) is 5.32. The molecule has 2 nitrogen and oxygen atoms in total. The fourth-order valence-electron chi connectivity index (χ4n) is 1.31. The van der Waals surface area contributed by atoms with Crippen LogP contribution in [0.4, 0.5) is 0 Å². The maximum atomic E-state index is 10.5. The summed E-state index contributed by atoms with van der Waals surface area (Å²) >= 11 is 4.98. The van der Waals surface area contributed by atoms with Crippen molar-refractivity contribution in [2.24, 2.45) is 5.92 Å². The van der Waals surface area contributed by atoms with Gasteiger partial charge in [-0.2, -0.15) is 0 Å². The van der Waals surface area contributed by atoms with E-state index in [1.165, 1.54) is 4.88 Å². The summed E-state index contributed by atoms with van der Waals surface area (Å²) in [5.74, 6) is -0.515. The molecule has 1 aliphatic carbocycles. The van der Waals surface area contributed by atoms with Crippen LogP contribution in [0.1, 0.15) is 17.2 Å². The van der Waals surface area contributed by atoms with Crippen molar-refractivity contribution in [2.45, 2.75) is 12.3 Å². The number of aliphatic carboxylic acids is 1. The van der Waals surface area contributed by atoms with E-state index in [4.69, 9.17) is 5.11 Å². The molecule has 1 saturated carbocycles. The van der Waals surface area contributed by atoms with E-state index < -0.39 is 5.97 Å². The second-order valence-electron chi connectivity index (χ2n) is 2.95. The molecule has 4 heteroatoms. The Kier molecular flexibility index (Phi) is 1.96. The van der Waals surface area contributed by atoms with Crippen LogP contribution in [0.25, 0.3) is 0 Å². The zero-order valence-corrected chi connectivity index (χ0v) is 8.56. The van der Waals surface area contributed by atoms with Crippen molar-refractivity contribution in [3.05, 3.63) is 20.8 Å². The topological polar surface area (TPSA) is 37.3 Å². The van der Waals surface area contributed by atoms with Crippen LogP contribution < -0.4 is 0 Å². The smallest absolute Gasteiger partial charge is 0.307 e. The maximum absolute atomic E-state index is 10.5. The first kappa shape index (κ1) is 8.26. The minimum atomic E-state index is -0.662. The molecule has 0 aliphatic heterocycles. The molecule has 1 aromatic heterocycles. The second-order valence-corrected chi connectivity index (χ2v) is 4.81. The molecule has 0 unspecified atom stereocenters. The number of carbonyl (C=O) groups is 1. The molecule has 2 atom stereocenters. The Morgan fingerprint density at radius 3 is 2.92 bits per heavy atom. The van der Waals surface area contributed by atoms with E-state index in [1.54, 1.807) is 11.3 Å². The third-order valence-electron chi connectivity index (χ3n) is 2.06. The number of carboxylic acid groups (broad SMARTS) is 1. The van der Waals surface area contributed by atoms with Crippen LogP contribution in [0.3, 0.4) is 0 Å². The van der Waals surface area contributed by atoms with E-state index in [2.05, 4.69) is 15.9 Å². The summed E-state index contributed by atoms with van der Waals surface area (Å²) in [6.45, 7) is 0. The van der Waals surface area contributed by atoms with Gasteiger partial charge >= 0.3 is 5.97 Å². The van der Waals surface area contributed by atoms with E-state index in [0.29, 0.717) is 0 Å². The summed E-state index contributed by atoms with van der Waals surface area (Å²) in [6.07, 6.45) is 0.808. The van der Waals surface area contributed by atoms with E-state index >= 15 is 0 Å². The molecular formula is C8H7BrO2S. The standard InChI is InChI=1S/C8H7BrO2S/c9-4-1-7(12-3-4)5-2-6(5)8(10)11/h1,3,5-6H,2H2,(H,10,11)/t5-,6-/m1/s1. The van der Waals surface area contributed by atoms with E-state index in [1.807, 2.05) is 11.4 Å². The summed E-state index contributed by atoms with van der Waals surface area (Å²) in [7, 11) is 0. The Bertz CT molecular complexity index is 321. The number of carboxylic acids is 1. The van der Waals surface area contributed by atoms with Crippen LogP contribution in [0, 0.1) is 5.92 Å². The molecule has 1 aliphatic rings. The highest BCUT2D eigenvalue weighted by Crippen LogP contribution is 2.49. The Hall–Kier alpha value is -0.350. The van der Waals surface area contributed by atoms with Gasteiger partial charge in [0.25, 0.3) is 0 Å². The molecule has 1 aromatic rings. The van der Waals surface area contributed by atoms with Gasteiger partial charge in [0, 0.05) is 20.6 Å². The molecule has 0 saturated heterocycles. The van der Waals surface area contributed by atoms with Crippen molar-refractivity contribution < 1.29 is 9.90 Å². The molecule has 2 rings (SSSR count). The van der Waals surface area contributed by atoms with E-state index in [-0.39, 0.29) is 11.8 Å². The fraction of sp³-hybridized carbons (Fsp3) is 0.375. The second kappa shape index (κ2) is 2.85. The lowest BCUT2D eigenvalue weighted by molar-refractivity contribution is -0.138. The summed E-state index contributed by atoms with van der Waals surface area (Å²) in [4.78, 5) is 11.7. The van der Waals surface area contributed by atoms with Crippen LogP contribution in [0.5, 0.6) is 0 Å². The van der Waals surface area contributed by atoms with Crippen molar-refractivity contribution in [3.8, 4) is 0 Å². The normalized spacial score (nSPS) is 27.1. The van der Waals surface area contributed by atoms with Gasteiger partial charge in [0.2, 0.25) is 0 Å². The molecular weight excluding hydrogens is 240 g/mol. The number of hydrogen-bond acceptors (Lipinski definition) is 2. The lowest BCUT2D eigenvalue weighted by Crippen LogP contribution is -1.97. The van der Waals surface area contributed by atoms with Crippen molar-refractivity contribution in [3.63, 3.8) is 0 Å². The first-order chi connectivity index (χ1) is 5.68. The molecule has 0 amide bonds. The minimum Gasteiger partial charge on any atom is -0.481 e. The zero-order chi connectivity index (χ0) is 8.72. The Morgan fingerprint density at radius 1 is 1.75 bits per heavy atom. The quantitative estimate of drug-likeness (QED) is 0.872. The first-order valence-electron chi connectivity index (χ1n) is 3.65. The zero-order valence-electron chi connectivity index (χ0n) is 6.16. The molecule has 0 radical (unpaired) electrons. The third-order valence-corrected chi connectivity index (χ3v) is 3.89. The fourth-order valence-corrected chi connectivity index (χ4v) is 2.93. The van der Waals surface area contributed by atoms with Crippen molar-refractivity contribution in [1.29, 1.82) is 0 Å². The number of hydrogen-bond donors (Lipinski definition) is 1. The van der Waals surface area contributed by atoms with Gasteiger partial charge in [-0.15, -0.1) is 11.3 Å². The van der Waals surface area contributed by atoms with Crippen molar-refractivity contribution >= 4 is 33.2 Å². The van der Waals surface area contributed by atoms with Gasteiger partial charge < -0.3 is 5.11 Å². The molecule has 0 aromatic carbocycles. The minimum absolute atomic E-state index is 0.129. The summed E-state index contributed by atoms with van der Waals surface area (Å²) < 4.78 is 1.05. The van der Waals surface area contributed by atoms with Gasteiger partial charge in [0.1, 0.15) is 0 Å². The predicted molar refractivity (Wildman–Crippen MR) is 50.5 cm³/mol. The molecule has 1 fully saturated rings.